The third-order valence-corrected chi connectivity index (χ3v) is 5.56. The molecule has 3 rings (SSSR count). The van der Waals surface area contributed by atoms with Crippen LogP contribution in [0.4, 0.5) is 5.82 Å². The van der Waals surface area contributed by atoms with Crippen molar-refractivity contribution in [2.75, 3.05) is 37.6 Å². The minimum Gasteiger partial charge on any atom is -0.458 e. The van der Waals surface area contributed by atoms with Crippen molar-refractivity contribution in [1.29, 1.82) is 0 Å². The molecule has 1 fully saturated rings. The lowest BCUT2D eigenvalue weighted by Crippen LogP contribution is -2.57. The van der Waals surface area contributed by atoms with Crippen LogP contribution in [-0.4, -0.2) is 64.5 Å². The second kappa shape index (κ2) is 7.77. The Labute approximate surface area is 162 Å². The van der Waals surface area contributed by atoms with E-state index in [4.69, 9.17) is 4.74 Å². The predicted octanol–water partition coefficient (Wildman–Crippen LogP) is 2.41. The number of hydrogen-bond acceptors (Lipinski definition) is 8. The Kier molecular flexibility index (Phi) is 5.61. The molecule has 2 aromatic rings. The zero-order chi connectivity index (χ0) is 19.6. The SMILES string of the molecule is CC(C)OC(=O)C(C)(CN1CCN(c2nsc3ccccc23)CC1)[N+](=O)[O-]. The van der Waals surface area contributed by atoms with Crippen molar-refractivity contribution in [3.05, 3.63) is 34.4 Å². The highest BCUT2D eigenvalue weighted by molar-refractivity contribution is 7.13. The Morgan fingerprint density at radius 2 is 2.00 bits per heavy atom. The van der Waals surface area contributed by atoms with Gasteiger partial charge in [0.2, 0.25) is 0 Å². The molecule has 1 unspecified atom stereocenters. The molecule has 1 aromatic heterocycles. The molecule has 146 valence electrons. The summed E-state index contributed by atoms with van der Waals surface area (Å²) in [6, 6.07) is 8.11. The lowest BCUT2D eigenvalue weighted by Gasteiger charge is -2.36. The molecule has 0 spiro atoms. The fourth-order valence-electron chi connectivity index (χ4n) is 3.19. The average molecular weight is 392 g/mol. The van der Waals surface area contributed by atoms with Gasteiger partial charge in [-0.05, 0) is 37.5 Å². The van der Waals surface area contributed by atoms with Gasteiger partial charge in [0.25, 0.3) is 0 Å². The first-order valence-electron chi connectivity index (χ1n) is 8.98. The number of nitro groups is 1. The number of anilines is 1. The van der Waals surface area contributed by atoms with E-state index in [1.807, 2.05) is 17.0 Å². The maximum absolute atomic E-state index is 12.3. The number of piperazine rings is 1. The van der Waals surface area contributed by atoms with Crippen LogP contribution in [0.5, 0.6) is 0 Å². The standard InChI is InChI=1S/C18H24N4O4S/c1-13(2)26-17(23)18(3,22(24)25)12-20-8-10-21(11-9-20)16-14-6-4-5-7-15(14)27-19-16/h4-7,13H,8-12H2,1-3H3. The largest absolute Gasteiger partial charge is 0.458 e. The molecule has 0 N–H and O–H groups in total. The minimum atomic E-state index is -1.76. The molecule has 1 aliphatic rings. The predicted molar refractivity (Wildman–Crippen MR) is 105 cm³/mol. The molecule has 0 saturated carbocycles. The molecule has 0 aliphatic carbocycles. The number of esters is 1. The molecule has 1 aromatic carbocycles. The number of carbonyl (C=O) groups excluding carboxylic acids is 1. The summed E-state index contributed by atoms with van der Waals surface area (Å²) < 4.78 is 10.8. The van der Waals surface area contributed by atoms with E-state index in [0.717, 1.165) is 15.9 Å². The van der Waals surface area contributed by atoms with Crippen LogP contribution < -0.4 is 4.90 Å². The fourth-order valence-corrected chi connectivity index (χ4v) is 3.99. The molecule has 1 atom stereocenters. The Balaban J connectivity index is 1.66. The highest BCUT2D eigenvalue weighted by Gasteiger charge is 2.49. The Hall–Kier alpha value is -2.26. The van der Waals surface area contributed by atoms with Gasteiger partial charge < -0.3 is 9.64 Å². The van der Waals surface area contributed by atoms with E-state index >= 15 is 0 Å². The van der Waals surface area contributed by atoms with E-state index in [9.17, 15) is 14.9 Å². The van der Waals surface area contributed by atoms with Gasteiger partial charge in [0.05, 0.1) is 17.3 Å². The quantitative estimate of drug-likeness (QED) is 0.424. The Morgan fingerprint density at radius 1 is 1.33 bits per heavy atom. The van der Waals surface area contributed by atoms with Gasteiger partial charge >= 0.3 is 11.5 Å². The van der Waals surface area contributed by atoms with Crippen molar-refractivity contribution < 1.29 is 14.5 Å². The minimum absolute atomic E-state index is 0.0389. The van der Waals surface area contributed by atoms with E-state index in [2.05, 4.69) is 21.4 Å². The van der Waals surface area contributed by atoms with E-state index < -0.39 is 16.4 Å². The molecule has 1 aliphatic heterocycles. The summed E-state index contributed by atoms with van der Waals surface area (Å²) in [5.41, 5.74) is -1.76. The monoisotopic (exact) mass is 392 g/mol. The zero-order valence-electron chi connectivity index (χ0n) is 15.8. The molecule has 0 radical (unpaired) electrons. The number of carbonyl (C=O) groups is 1. The van der Waals surface area contributed by atoms with E-state index in [1.165, 1.54) is 18.5 Å². The summed E-state index contributed by atoms with van der Waals surface area (Å²) in [6.07, 6.45) is -0.383. The number of hydrogen-bond donors (Lipinski definition) is 0. The molecule has 1 saturated heterocycles. The van der Waals surface area contributed by atoms with Gasteiger partial charge in [-0.1, -0.05) is 12.1 Å². The Morgan fingerprint density at radius 3 is 2.63 bits per heavy atom. The summed E-state index contributed by atoms with van der Waals surface area (Å²) in [4.78, 5) is 27.5. The smallest absolute Gasteiger partial charge is 0.386 e. The third-order valence-electron chi connectivity index (χ3n) is 4.75. The van der Waals surface area contributed by atoms with Gasteiger partial charge in [0.15, 0.2) is 0 Å². The van der Waals surface area contributed by atoms with Gasteiger partial charge in [-0.2, -0.15) is 4.37 Å². The first-order valence-corrected chi connectivity index (χ1v) is 9.76. The van der Waals surface area contributed by atoms with Gasteiger partial charge in [0, 0.05) is 43.4 Å². The lowest BCUT2D eigenvalue weighted by molar-refractivity contribution is -0.551. The van der Waals surface area contributed by atoms with E-state index in [0.29, 0.717) is 26.2 Å². The zero-order valence-corrected chi connectivity index (χ0v) is 16.6. The van der Waals surface area contributed by atoms with Crippen LogP contribution in [0.15, 0.2) is 24.3 Å². The number of aromatic nitrogens is 1. The lowest BCUT2D eigenvalue weighted by atomic mass is 10.0. The summed E-state index contributed by atoms with van der Waals surface area (Å²) in [7, 11) is 0. The summed E-state index contributed by atoms with van der Waals surface area (Å²) in [5, 5.41) is 12.7. The number of ether oxygens (including phenoxy) is 1. The van der Waals surface area contributed by atoms with Gasteiger partial charge in [-0.3, -0.25) is 15.0 Å². The number of fused-ring (bicyclic) bond motifs is 1. The maximum Gasteiger partial charge on any atom is 0.386 e. The van der Waals surface area contributed by atoms with Crippen LogP contribution in [0, 0.1) is 10.1 Å². The van der Waals surface area contributed by atoms with Crippen molar-refractivity contribution in [1.82, 2.24) is 9.27 Å². The van der Waals surface area contributed by atoms with Gasteiger partial charge in [-0.25, -0.2) is 4.79 Å². The summed E-state index contributed by atoms with van der Waals surface area (Å²) >= 11 is 1.48. The molecular weight excluding hydrogens is 368 g/mol. The van der Waals surface area contributed by atoms with Crippen molar-refractivity contribution in [3.8, 4) is 0 Å². The normalized spacial score (nSPS) is 17.9. The second-order valence-electron chi connectivity index (χ2n) is 7.25. The molecule has 27 heavy (non-hydrogen) atoms. The molecule has 2 heterocycles. The molecule has 9 heteroatoms. The first kappa shape index (κ1) is 19.5. The number of rotatable bonds is 6. The summed E-state index contributed by atoms with van der Waals surface area (Å²) in [6.45, 7) is 7.44. The molecular formula is C18H24N4O4S. The fraction of sp³-hybridized carbons (Fsp3) is 0.556. The number of benzene rings is 1. The van der Waals surface area contributed by atoms with E-state index in [1.54, 1.807) is 13.8 Å². The van der Waals surface area contributed by atoms with Crippen LogP contribution in [0.2, 0.25) is 0 Å². The van der Waals surface area contributed by atoms with Crippen molar-refractivity contribution in [2.24, 2.45) is 0 Å². The number of nitrogens with zero attached hydrogens (tertiary/aromatic N) is 4. The average Bonchev–Trinajstić information content (AvgIpc) is 3.05. The van der Waals surface area contributed by atoms with Crippen molar-refractivity contribution in [3.63, 3.8) is 0 Å². The van der Waals surface area contributed by atoms with Crippen LogP contribution in [0.1, 0.15) is 20.8 Å². The molecule has 8 nitrogen and oxygen atoms in total. The van der Waals surface area contributed by atoms with Crippen molar-refractivity contribution >= 4 is 33.4 Å². The topological polar surface area (TPSA) is 88.8 Å². The first-order chi connectivity index (χ1) is 12.8. The van der Waals surface area contributed by atoms with Crippen LogP contribution in [-0.2, 0) is 9.53 Å². The second-order valence-corrected chi connectivity index (χ2v) is 8.06. The van der Waals surface area contributed by atoms with Crippen molar-refractivity contribution in [2.45, 2.75) is 32.4 Å². The molecule has 0 amide bonds. The maximum atomic E-state index is 12.3. The van der Waals surface area contributed by atoms with Crippen LogP contribution >= 0.6 is 11.5 Å². The van der Waals surface area contributed by atoms with E-state index in [-0.39, 0.29) is 12.6 Å². The Bertz CT molecular complexity index is 832. The third kappa shape index (κ3) is 4.03. The van der Waals surface area contributed by atoms with Crippen LogP contribution in [0.25, 0.3) is 10.1 Å². The molecule has 0 bridgehead atoms. The highest BCUT2D eigenvalue weighted by atomic mass is 32.1. The van der Waals surface area contributed by atoms with Gasteiger partial charge in [-0.15, -0.1) is 0 Å². The van der Waals surface area contributed by atoms with Gasteiger partial charge in [0.1, 0.15) is 5.82 Å². The highest BCUT2D eigenvalue weighted by Crippen LogP contribution is 2.30. The van der Waals surface area contributed by atoms with Crippen LogP contribution in [0.3, 0.4) is 0 Å². The summed E-state index contributed by atoms with van der Waals surface area (Å²) in [5.74, 6) is 0.182.